The van der Waals surface area contributed by atoms with Crippen LogP contribution in [0.5, 0.6) is 0 Å². The second kappa shape index (κ2) is 7.67. The Labute approximate surface area is 153 Å². The molecule has 0 N–H and O–H groups in total. The third-order valence-electron chi connectivity index (χ3n) is 2.86. The molecular weight excluding hydrogens is 301 g/mol. The SMILES string of the molecule is N#Cc1cnc(C#N)c(C#N)c1-c1ccnc(C#N)c1C#N.[NaH]. The molecule has 0 aromatic carbocycles. The van der Waals surface area contributed by atoms with Crippen molar-refractivity contribution in [1.82, 2.24) is 9.97 Å². The van der Waals surface area contributed by atoms with Gasteiger partial charge >= 0.3 is 29.6 Å². The zero-order chi connectivity index (χ0) is 16.1. The van der Waals surface area contributed by atoms with Crippen molar-refractivity contribution in [3.05, 3.63) is 46.5 Å². The van der Waals surface area contributed by atoms with Crippen molar-refractivity contribution in [2.45, 2.75) is 0 Å². The van der Waals surface area contributed by atoms with Gasteiger partial charge in [0.1, 0.15) is 30.3 Å². The summed E-state index contributed by atoms with van der Waals surface area (Å²) in [6.45, 7) is 0. The van der Waals surface area contributed by atoms with E-state index in [0.29, 0.717) is 0 Å². The maximum absolute atomic E-state index is 9.29. The van der Waals surface area contributed by atoms with E-state index in [2.05, 4.69) is 9.97 Å². The molecule has 0 bridgehead atoms. The molecule has 0 amide bonds. The monoisotopic (exact) mass is 305 g/mol. The van der Waals surface area contributed by atoms with Crippen LogP contribution < -0.4 is 0 Å². The van der Waals surface area contributed by atoms with E-state index in [-0.39, 0.29) is 68.8 Å². The first-order chi connectivity index (χ1) is 10.7. The quantitative estimate of drug-likeness (QED) is 0.710. The molecule has 0 saturated heterocycles. The third-order valence-corrected chi connectivity index (χ3v) is 2.86. The fraction of sp³-hybridized carbons (Fsp3) is 0. The van der Waals surface area contributed by atoms with Gasteiger partial charge in [0.2, 0.25) is 0 Å². The minimum absolute atomic E-state index is 0. The Kier molecular flexibility index (Phi) is 5.94. The molecule has 2 aromatic rings. The Morgan fingerprint density at radius 2 is 1.35 bits per heavy atom. The molecule has 100 valence electrons. The summed E-state index contributed by atoms with van der Waals surface area (Å²) in [5.74, 6) is 0. The van der Waals surface area contributed by atoms with Gasteiger partial charge in [-0.2, -0.15) is 26.3 Å². The van der Waals surface area contributed by atoms with Gasteiger partial charge in [-0.1, -0.05) is 0 Å². The van der Waals surface area contributed by atoms with Crippen LogP contribution in [0.3, 0.4) is 0 Å². The van der Waals surface area contributed by atoms with Crippen LogP contribution in [-0.2, 0) is 0 Å². The first kappa shape index (κ1) is 17.8. The summed E-state index contributed by atoms with van der Waals surface area (Å²) in [6.07, 6.45) is 2.45. The molecule has 0 aliphatic heterocycles. The minimum atomic E-state index is -0.157. The number of hydrogen-bond acceptors (Lipinski definition) is 7. The van der Waals surface area contributed by atoms with Crippen molar-refractivity contribution in [3.8, 4) is 41.5 Å². The van der Waals surface area contributed by atoms with Gasteiger partial charge in [-0.25, -0.2) is 9.97 Å². The van der Waals surface area contributed by atoms with Crippen molar-refractivity contribution in [1.29, 1.82) is 26.3 Å². The van der Waals surface area contributed by atoms with E-state index in [0.717, 1.165) is 6.20 Å². The second-order valence-corrected chi connectivity index (χ2v) is 3.91. The van der Waals surface area contributed by atoms with Crippen LogP contribution in [0.1, 0.15) is 28.1 Å². The van der Waals surface area contributed by atoms with Gasteiger partial charge < -0.3 is 0 Å². The molecular formula is C15H4N7Na. The summed E-state index contributed by atoms with van der Waals surface area (Å²) >= 11 is 0. The van der Waals surface area contributed by atoms with Crippen LogP contribution in [-0.4, -0.2) is 39.5 Å². The zero-order valence-corrected chi connectivity index (χ0v) is 10.9. The first-order valence-corrected chi connectivity index (χ1v) is 5.74. The van der Waals surface area contributed by atoms with Gasteiger partial charge in [0.15, 0.2) is 11.4 Å². The Bertz CT molecular complexity index is 991. The Morgan fingerprint density at radius 1 is 0.739 bits per heavy atom. The van der Waals surface area contributed by atoms with E-state index in [1.807, 2.05) is 18.2 Å². The molecule has 0 aliphatic rings. The fourth-order valence-corrected chi connectivity index (χ4v) is 1.94. The summed E-state index contributed by atoms with van der Waals surface area (Å²) < 4.78 is 0. The van der Waals surface area contributed by atoms with E-state index < -0.39 is 0 Å². The molecule has 23 heavy (non-hydrogen) atoms. The average molecular weight is 305 g/mol. The molecule has 2 aromatic heterocycles. The predicted octanol–water partition coefficient (Wildman–Crippen LogP) is 0.853. The van der Waals surface area contributed by atoms with Gasteiger partial charge in [-0.3, -0.25) is 0 Å². The molecule has 0 atom stereocenters. The van der Waals surface area contributed by atoms with E-state index in [4.69, 9.17) is 10.5 Å². The second-order valence-electron chi connectivity index (χ2n) is 3.91. The van der Waals surface area contributed by atoms with Crippen molar-refractivity contribution in [3.63, 3.8) is 0 Å². The summed E-state index contributed by atoms with van der Waals surface area (Å²) in [4.78, 5) is 7.53. The number of nitrogens with zero attached hydrogens (tertiary/aromatic N) is 7. The predicted molar refractivity (Wildman–Crippen MR) is 78.2 cm³/mol. The third kappa shape index (κ3) is 3.02. The first-order valence-electron chi connectivity index (χ1n) is 5.74. The van der Waals surface area contributed by atoms with Gasteiger partial charge in [-0.15, -0.1) is 0 Å². The van der Waals surface area contributed by atoms with Crippen LogP contribution in [0.4, 0.5) is 0 Å². The van der Waals surface area contributed by atoms with Crippen molar-refractivity contribution in [2.24, 2.45) is 0 Å². The average Bonchev–Trinajstić information content (AvgIpc) is 2.59. The summed E-state index contributed by atoms with van der Waals surface area (Å²) in [5.41, 5.74) is -0.129. The molecule has 8 heteroatoms. The standard InChI is InChI=1S/C15H3N7.Na.H/c16-3-9-8-22-14(7-20)12(5-18)15(9)10-1-2-21-13(6-19)11(10)4-17;;/h1-2,8H;;. The molecule has 7 nitrogen and oxygen atoms in total. The summed E-state index contributed by atoms with van der Waals surface area (Å²) in [5, 5.41) is 45.8. The van der Waals surface area contributed by atoms with Crippen LogP contribution in [0.2, 0.25) is 0 Å². The van der Waals surface area contributed by atoms with Crippen molar-refractivity contribution >= 4 is 29.6 Å². The van der Waals surface area contributed by atoms with Gasteiger partial charge in [0.05, 0.1) is 16.7 Å². The molecule has 2 rings (SSSR count). The fourth-order valence-electron chi connectivity index (χ4n) is 1.94. The molecule has 0 unspecified atom stereocenters. The summed E-state index contributed by atoms with van der Waals surface area (Å²) in [6, 6.07) is 10.5. The molecule has 0 aliphatic carbocycles. The molecule has 0 spiro atoms. The van der Waals surface area contributed by atoms with Crippen molar-refractivity contribution in [2.75, 3.05) is 0 Å². The molecule has 0 radical (unpaired) electrons. The van der Waals surface area contributed by atoms with Gasteiger partial charge in [-0.05, 0) is 6.07 Å². The molecule has 0 fully saturated rings. The van der Waals surface area contributed by atoms with Crippen LogP contribution >= 0.6 is 0 Å². The van der Waals surface area contributed by atoms with E-state index in [1.165, 1.54) is 12.3 Å². The zero-order valence-electron chi connectivity index (χ0n) is 10.9. The Morgan fingerprint density at radius 3 is 1.87 bits per heavy atom. The molecule has 0 saturated carbocycles. The van der Waals surface area contributed by atoms with Crippen LogP contribution in [0.25, 0.3) is 11.1 Å². The summed E-state index contributed by atoms with van der Waals surface area (Å²) in [7, 11) is 0. The van der Waals surface area contributed by atoms with Crippen LogP contribution in [0.15, 0.2) is 18.5 Å². The van der Waals surface area contributed by atoms with Gasteiger partial charge in [0.25, 0.3) is 0 Å². The number of hydrogen-bond donors (Lipinski definition) is 0. The normalized spacial score (nSPS) is 8.30. The Balaban J connectivity index is 0.00000264. The van der Waals surface area contributed by atoms with Gasteiger partial charge in [0, 0.05) is 23.5 Å². The maximum atomic E-state index is 9.29. The van der Waals surface area contributed by atoms with E-state index >= 15 is 0 Å². The van der Waals surface area contributed by atoms with E-state index in [9.17, 15) is 15.8 Å². The molecule has 2 heterocycles. The number of rotatable bonds is 1. The van der Waals surface area contributed by atoms with Crippen molar-refractivity contribution < 1.29 is 0 Å². The Hall–Kier alpha value is -3.25. The number of nitriles is 5. The number of pyridine rings is 2. The number of aromatic nitrogens is 2. The van der Waals surface area contributed by atoms with E-state index in [1.54, 1.807) is 12.1 Å². The topological polar surface area (TPSA) is 145 Å². The van der Waals surface area contributed by atoms with Crippen LogP contribution in [0, 0.1) is 56.7 Å².